The summed E-state index contributed by atoms with van der Waals surface area (Å²) in [7, 11) is 0. The molecule has 0 aromatic heterocycles. The average Bonchev–Trinajstić information content (AvgIpc) is 2.54. The first-order valence-corrected chi connectivity index (χ1v) is 7.76. The Balaban J connectivity index is 1.95. The van der Waals surface area contributed by atoms with Gasteiger partial charge in [-0.05, 0) is 45.0 Å². The number of carbonyl (C=O) groups is 2. The summed E-state index contributed by atoms with van der Waals surface area (Å²) in [5.74, 6) is -0.357. The van der Waals surface area contributed by atoms with Gasteiger partial charge in [0.1, 0.15) is 5.75 Å². The lowest BCUT2D eigenvalue weighted by Crippen LogP contribution is -2.21. The van der Waals surface area contributed by atoms with E-state index in [1.807, 2.05) is 32.9 Å². The molecule has 0 aliphatic heterocycles. The smallest absolute Gasteiger partial charge is 0.338 e. The molecule has 0 aliphatic carbocycles. The first-order valence-electron chi connectivity index (χ1n) is 7.76. The van der Waals surface area contributed by atoms with Gasteiger partial charge in [0.2, 0.25) is 0 Å². The van der Waals surface area contributed by atoms with Crippen LogP contribution in [-0.4, -0.2) is 25.1 Å². The molecule has 0 fully saturated rings. The summed E-state index contributed by atoms with van der Waals surface area (Å²) in [4.78, 5) is 24.0. The maximum Gasteiger partial charge on any atom is 0.338 e. The molecule has 1 amide bonds. The van der Waals surface area contributed by atoms with Gasteiger partial charge in [0.25, 0.3) is 5.91 Å². The molecule has 24 heavy (non-hydrogen) atoms. The van der Waals surface area contributed by atoms with Crippen LogP contribution >= 0.6 is 0 Å². The molecule has 2 aromatic rings. The molecule has 0 unspecified atom stereocenters. The van der Waals surface area contributed by atoms with Crippen molar-refractivity contribution in [1.82, 2.24) is 0 Å². The van der Waals surface area contributed by atoms with E-state index in [-0.39, 0.29) is 6.61 Å². The fourth-order valence-corrected chi connectivity index (χ4v) is 2.34. The van der Waals surface area contributed by atoms with Crippen LogP contribution in [0.25, 0.3) is 0 Å². The number of anilines is 1. The topological polar surface area (TPSA) is 64.6 Å². The van der Waals surface area contributed by atoms with E-state index in [9.17, 15) is 9.59 Å². The monoisotopic (exact) mass is 327 g/mol. The Morgan fingerprint density at radius 3 is 2.38 bits per heavy atom. The Morgan fingerprint density at radius 1 is 1.04 bits per heavy atom. The molecule has 2 aromatic carbocycles. The highest BCUT2D eigenvalue weighted by atomic mass is 16.5. The molecule has 2 rings (SSSR count). The van der Waals surface area contributed by atoms with Crippen molar-refractivity contribution in [2.24, 2.45) is 0 Å². The van der Waals surface area contributed by atoms with E-state index in [1.54, 1.807) is 30.3 Å². The van der Waals surface area contributed by atoms with Crippen molar-refractivity contribution in [1.29, 1.82) is 0 Å². The summed E-state index contributed by atoms with van der Waals surface area (Å²) in [5.41, 5.74) is 2.93. The van der Waals surface area contributed by atoms with Crippen LogP contribution in [0.4, 0.5) is 5.69 Å². The fraction of sp³-hybridized carbons (Fsp3) is 0.263. The summed E-state index contributed by atoms with van der Waals surface area (Å²) in [5, 5.41) is 2.68. The van der Waals surface area contributed by atoms with E-state index in [4.69, 9.17) is 9.47 Å². The number of benzene rings is 2. The first-order chi connectivity index (χ1) is 11.5. The Hall–Kier alpha value is -2.82. The van der Waals surface area contributed by atoms with Crippen molar-refractivity contribution >= 4 is 17.6 Å². The van der Waals surface area contributed by atoms with Crippen LogP contribution in [0.1, 0.15) is 28.4 Å². The molecule has 5 heteroatoms. The number of carbonyl (C=O) groups excluding carboxylic acids is 2. The molecule has 5 nitrogen and oxygen atoms in total. The lowest BCUT2D eigenvalue weighted by molar-refractivity contribution is -0.119. The number of aryl methyl sites for hydroxylation is 2. The molecule has 0 spiro atoms. The number of hydrogen-bond acceptors (Lipinski definition) is 4. The van der Waals surface area contributed by atoms with Crippen molar-refractivity contribution in [3.05, 3.63) is 59.2 Å². The largest absolute Gasteiger partial charge is 0.492 e. The first kappa shape index (κ1) is 17.5. The number of para-hydroxylation sites is 2. The van der Waals surface area contributed by atoms with Crippen molar-refractivity contribution in [3.8, 4) is 5.75 Å². The second kappa shape index (κ2) is 8.15. The fourth-order valence-electron chi connectivity index (χ4n) is 2.34. The summed E-state index contributed by atoms with van der Waals surface area (Å²) >= 11 is 0. The second-order valence-electron chi connectivity index (χ2n) is 5.43. The van der Waals surface area contributed by atoms with Crippen LogP contribution in [0.5, 0.6) is 5.75 Å². The van der Waals surface area contributed by atoms with E-state index < -0.39 is 11.9 Å². The Bertz CT molecular complexity index is 720. The number of rotatable bonds is 6. The van der Waals surface area contributed by atoms with Crippen molar-refractivity contribution in [3.63, 3.8) is 0 Å². The minimum absolute atomic E-state index is 0.355. The second-order valence-corrected chi connectivity index (χ2v) is 5.43. The summed E-state index contributed by atoms with van der Waals surface area (Å²) < 4.78 is 10.5. The minimum Gasteiger partial charge on any atom is -0.492 e. The number of nitrogens with one attached hydrogen (secondary N) is 1. The third-order valence-corrected chi connectivity index (χ3v) is 3.25. The summed E-state index contributed by atoms with van der Waals surface area (Å²) in [6.07, 6.45) is 0. The summed E-state index contributed by atoms with van der Waals surface area (Å²) in [6, 6.07) is 12.5. The zero-order chi connectivity index (χ0) is 17.5. The maximum absolute atomic E-state index is 12.0. The zero-order valence-corrected chi connectivity index (χ0v) is 14.1. The van der Waals surface area contributed by atoms with Gasteiger partial charge in [-0.2, -0.15) is 0 Å². The van der Waals surface area contributed by atoms with Gasteiger partial charge < -0.3 is 14.8 Å². The highest BCUT2D eigenvalue weighted by Crippen LogP contribution is 2.23. The van der Waals surface area contributed by atoms with Gasteiger partial charge in [-0.1, -0.05) is 29.3 Å². The number of hydrogen-bond donors (Lipinski definition) is 1. The van der Waals surface area contributed by atoms with Crippen LogP contribution in [-0.2, 0) is 9.53 Å². The molecule has 0 aliphatic rings. The van der Waals surface area contributed by atoms with Crippen LogP contribution in [0, 0.1) is 13.8 Å². The zero-order valence-electron chi connectivity index (χ0n) is 14.1. The average molecular weight is 327 g/mol. The molecule has 0 bridgehead atoms. The van der Waals surface area contributed by atoms with E-state index >= 15 is 0 Å². The van der Waals surface area contributed by atoms with E-state index in [0.717, 1.165) is 11.1 Å². The molecule has 0 atom stereocenters. The highest BCUT2D eigenvalue weighted by Gasteiger charge is 2.12. The van der Waals surface area contributed by atoms with Crippen molar-refractivity contribution in [2.75, 3.05) is 18.5 Å². The van der Waals surface area contributed by atoms with Crippen LogP contribution in [0.2, 0.25) is 0 Å². The van der Waals surface area contributed by atoms with Gasteiger partial charge >= 0.3 is 5.97 Å². The van der Waals surface area contributed by atoms with Crippen molar-refractivity contribution in [2.45, 2.75) is 20.8 Å². The molecular formula is C19H21NO4. The highest BCUT2D eigenvalue weighted by molar-refractivity contribution is 5.96. The molecule has 0 radical (unpaired) electrons. The van der Waals surface area contributed by atoms with Crippen LogP contribution in [0.3, 0.4) is 0 Å². The van der Waals surface area contributed by atoms with Gasteiger partial charge in [0.15, 0.2) is 6.61 Å². The predicted molar refractivity (Wildman–Crippen MR) is 92.4 cm³/mol. The standard InChI is InChI=1S/C19H21NO4/c1-4-23-17-8-6-5-7-16(17)20-18(21)12-24-19(22)15-10-13(2)9-14(3)11-15/h5-11H,4,12H2,1-3H3,(H,20,21). The van der Waals surface area contributed by atoms with Gasteiger partial charge in [-0.25, -0.2) is 4.79 Å². The molecule has 1 N–H and O–H groups in total. The Labute approximate surface area is 141 Å². The van der Waals surface area contributed by atoms with E-state index in [1.165, 1.54) is 0 Å². The molecule has 126 valence electrons. The van der Waals surface area contributed by atoms with Crippen LogP contribution in [0.15, 0.2) is 42.5 Å². The summed E-state index contributed by atoms with van der Waals surface area (Å²) in [6.45, 7) is 5.81. The van der Waals surface area contributed by atoms with E-state index in [0.29, 0.717) is 23.6 Å². The Morgan fingerprint density at radius 2 is 1.71 bits per heavy atom. The molecule has 0 saturated carbocycles. The van der Waals surface area contributed by atoms with Gasteiger partial charge in [0.05, 0.1) is 17.9 Å². The SMILES string of the molecule is CCOc1ccccc1NC(=O)COC(=O)c1cc(C)cc(C)c1. The quantitative estimate of drug-likeness (QED) is 0.825. The lowest BCUT2D eigenvalue weighted by Gasteiger charge is -2.11. The third-order valence-electron chi connectivity index (χ3n) is 3.25. The van der Waals surface area contributed by atoms with Gasteiger partial charge in [-0.15, -0.1) is 0 Å². The third kappa shape index (κ3) is 4.84. The number of ether oxygens (including phenoxy) is 2. The lowest BCUT2D eigenvalue weighted by atomic mass is 10.1. The Kier molecular flexibility index (Phi) is 5.95. The van der Waals surface area contributed by atoms with Crippen LogP contribution < -0.4 is 10.1 Å². The van der Waals surface area contributed by atoms with Gasteiger partial charge in [-0.3, -0.25) is 4.79 Å². The number of esters is 1. The normalized spacial score (nSPS) is 10.1. The predicted octanol–water partition coefficient (Wildman–Crippen LogP) is 3.50. The van der Waals surface area contributed by atoms with Crippen molar-refractivity contribution < 1.29 is 19.1 Å². The van der Waals surface area contributed by atoms with Gasteiger partial charge in [0, 0.05) is 0 Å². The maximum atomic E-state index is 12.0. The minimum atomic E-state index is -0.518. The number of amides is 1. The molecule has 0 heterocycles. The van der Waals surface area contributed by atoms with E-state index in [2.05, 4.69) is 5.32 Å². The molecular weight excluding hydrogens is 306 g/mol. The molecule has 0 saturated heterocycles.